The van der Waals surface area contributed by atoms with Gasteiger partial charge in [0.25, 0.3) is 5.91 Å². The molecule has 1 atom stereocenters. The summed E-state index contributed by atoms with van der Waals surface area (Å²) in [6.07, 6.45) is 1.30. The highest BCUT2D eigenvalue weighted by atomic mass is 19.2. The van der Waals surface area contributed by atoms with E-state index in [1.807, 2.05) is 6.07 Å². The third kappa shape index (κ3) is 5.22. The topological polar surface area (TPSA) is 116 Å². The number of amides is 1. The average molecular weight is 477 g/mol. The molecule has 0 aliphatic heterocycles. The standard InChI is InChI=1S/C25H21F2N5O3/c1-28-12-21(32-23-17-6-3-7-18(25(34)35)22(17)29-13-30-23)14-4-2-5-16(10-14)31-24(33)15-8-9-19(26)20(27)11-15/h2-11,13,21,28H,12H2,1H3,(H,31,33)(H,34,35)(H,29,30,32). The fourth-order valence-corrected chi connectivity index (χ4v) is 3.67. The molecule has 0 aliphatic carbocycles. The van der Waals surface area contributed by atoms with Gasteiger partial charge in [-0.25, -0.2) is 23.5 Å². The minimum atomic E-state index is -1.10. The van der Waals surface area contributed by atoms with Gasteiger partial charge in [0, 0.05) is 23.2 Å². The number of aromatic carboxylic acids is 1. The number of carbonyl (C=O) groups is 2. The smallest absolute Gasteiger partial charge is 0.337 e. The van der Waals surface area contributed by atoms with Crippen molar-refractivity contribution < 1.29 is 23.5 Å². The van der Waals surface area contributed by atoms with Crippen molar-refractivity contribution in [3.05, 3.63) is 95.3 Å². The highest BCUT2D eigenvalue weighted by Crippen LogP contribution is 2.27. The second kappa shape index (κ2) is 10.2. The van der Waals surface area contributed by atoms with E-state index >= 15 is 0 Å². The molecule has 4 N–H and O–H groups in total. The first-order chi connectivity index (χ1) is 16.9. The number of likely N-dealkylation sites (N-methyl/N-ethyl adjacent to an activating group) is 1. The first-order valence-electron chi connectivity index (χ1n) is 10.6. The van der Waals surface area contributed by atoms with Crippen LogP contribution in [0.5, 0.6) is 0 Å². The second-order valence-electron chi connectivity index (χ2n) is 7.69. The van der Waals surface area contributed by atoms with Crippen LogP contribution in [-0.2, 0) is 0 Å². The number of halogens is 2. The Balaban J connectivity index is 1.61. The summed E-state index contributed by atoms with van der Waals surface area (Å²) in [4.78, 5) is 32.5. The molecule has 0 aliphatic rings. The van der Waals surface area contributed by atoms with Gasteiger partial charge in [-0.1, -0.05) is 18.2 Å². The molecule has 0 saturated heterocycles. The number of hydrogen-bond donors (Lipinski definition) is 4. The molecule has 178 valence electrons. The van der Waals surface area contributed by atoms with E-state index < -0.39 is 23.5 Å². The average Bonchev–Trinajstić information content (AvgIpc) is 2.85. The largest absolute Gasteiger partial charge is 0.478 e. The summed E-state index contributed by atoms with van der Waals surface area (Å²) in [5.41, 5.74) is 1.62. The van der Waals surface area contributed by atoms with Crippen LogP contribution >= 0.6 is 0 Å². The molecule has 1 amide bonds. The van der Waals surface area contributed by atoms with Crippen LogP contribution in [0.15, 0.2) is 67.0 Å². The quantitative estimate of drug-likeness (QED) is 0.300. The normalized spacial score (nSPS) is 11.7. The summed E-state index contributed by atoms with van der Waals surface area (Å²) >= 11 is 0. The summed E-state index contributed by atoms with van der Waals surface area (Å²) in [6.45, 7) is 0.477. The first kappa shape index (κ1) is 23.7. The third-order valence-corrected chi connectivity index (χ3v) is 5.34. The Bertz CT molecular complexity index is 1410. The van der Waals surface area contributed by atoms with E-state index in [-0.39, 0.29) is 17.2 Å². The molecule has 35 heavy (non-hydrogen) atoms. The van der Waals surface area contributed by atoms with Crippen LogP contribution in [0.3, 0.4) is 0 Å². The van der Waals surface area contributed by atoms with Crippen molar-refractivity contribution in [1.29, 1.82) is 0 Å². The van der Waals surface area contributed by atoms with Crippen molar-refractivity contribution in [2.45, 2.75) is 6.04 Å². The Morgan fingerprint density at radius 1 is 1.00 bits per heavy atom. The number of rotatable bonds is 8. The maximum atomic E-state index is 13.5. The zero-order valence-corrected chi connectivity index (χ0v) is 18.5. The Morgan fingerprint density at radius 3 is 2.54 bits per heavy atom. The lowest BCUT2D eigenvalue weighted by Gasteiger charge is -2.21. The lowest BCUT2D eigenvalue weighted by Crippen LogP contribution is -2.24. The van der Waals surface area contributed by atoms with E-state index in [2.05, 4.69) is 25.9 Å². The van der Waals surface area contributed by atoms with Crippen molar-refractivity contribution in [2.24, 2.45) is 0 Å². The Kier molecular flexibility index (Phi) is 6.93. The van der Waals surface area contributed by atoms with Crippen LogP contribution in [0.4, 0.5) is 20.3 Å². The zero-order valence-electron chi connectivity index (χ0n) is 18.5. The Hall–Kier alpha value is -4.44. The summed E-state index contributed by atoms with van der Waals surface area (Å²) in [5, 5.41) is 19.1. The van der Waals surface area contributed by atoms with E-state index in [4.69, 9.17) is 0 Å². The minimum Gasteiger partial charge on any atom is -0.478 e. The molecule has 0 radical (unpaired) electrons. The molecule has 8 nitrogen and oxygen atoms in total. The van der Waals surface area contributed by atoms with Crippen LogP contribution in [0.1, 0.15) is 32.3 Å². The molecule has 0 saturated carbocycles. The maximum Gasteiger partial charge on any atom is 0.337 e. The number of nitrogens with one attached hydrogen (secondary N) is 3. The number of carboxylic acid groups (broad SMARTS) is 1. The summed E-state index contributed by atoms with van der Waals surface area (Å²) in [6, 6.07) is 14.5. The number of anilines is 2. The maximum absolute atomic E-state index is 13.5. The lowest BCUT2D eigenvalue weighted by atomic mass is 10.0. The molecule has 1 heterocycles. The van der Waals surface area contributed by atoms with Crippen molar-refractivity contribution in [3.8, 4) is 0 Å². The van der Waals surface area contributed by atoms with E-state index in [0.717, 1.165) is 17.7 Å². The van der Waals surface area contributed by atoms with Gasteiger partial charge in [-0.3, -0.25) is 4.79 Å². The van der Waals surface area contributed by atoms with E-state index in [1.165, 1.54) is 18.5 Å². The van der Waals surface area contributed by atoms with Crippen LogP contribution < -0.4 is 16.0 Å². The van der Waals surface area contributed by atoms with E-state index in [0.29, 0.717) is 29.0 Å². The van der Waals surface area contributed by atoms with Crippen LogP contribution in [0, 0.1) is 11.6 Å². The van der Waals surface area contributed by atoms with Crippen LogP contribution in [0.25, 0.3) is 10.9 Å². The van der Waals surface area contributed by atoms with Gasteiger partial charge in [-0.15, -0.1) is 0 Å². The molecule has 1 aromatic heterocycles. The van der Waals surface area contributed by atoms with Crippen molar-refractivity contribution in [1.82, 2.24) is 15.3 Å². The summed E-state index contributed by atoms with van der Waals surface area (Å²) < 4.78 is 26.7. The minimum absolute atomic E-state index is 0.0131. The van der Waals surface area contributed by atoms with Gasteiger partial charge in [0.1, 0.15) is 12.1 Å². The number of para-hydroxylation sites is 1. The van der Waals surface area contributed by atoms with Gasteiger partial charge in [-0.05, 0) is 55.1 Å². The van der Waals surface area contributed by atoms with Gasteiger partial charge >= 0.3 is 5.97 Å². The summed E-state index contributed by atoms with van der Waals surface area (Å²) in [7, 11) is 1.78. The third-order valence-electron chi connectivity index (χ3n) is 5.34. The second-order valence-corrected chi connectivity index (χ2v) is 7.69. The number of hydrogen-bond acceptors (Lipinski definition) is 6. The van der Waals surface area contributed by atoms with Gasteiger partial charge in [-0.2, -0.15) is 0 Å². The van der Waals surface area contributed by atoms with Gasteiger partial charge in [0.05, 0.1) is 17.1 Å². The van der Waals surface area contributed by atoms with Gasteiger partial charge in [0.15, 0.2) is 11.6 Å². The highest BCUT2D eigenvalue weighted by molar-refractivity contribution is 6.05. The van der Waals surface area contributed by atoms with Crippen molar-refractivity contribution in [2.75, 3.05) is 24.2 Å². The van der Waals surface area contributed by atoms with E-state index in [1.54, 1.807) is 37.4 Å². The zero-order chi connectivity index (χ0) is 24.9. The van der Waals surface area contributed by atoms with Crippen molar-refractivity contribution >= 4 is 34.3 Å². The van der Waals surface area contributed by atoms with Crippen LogP contribution in [0.2, 0.25) is 0 Å². The lowest BCUT2D eigenvalue weighted by molar-refractivity contribution is 0.0698. The molecule has 0 bridgehead atoms. The summed E-state index contributed by atoms with van der Waals surface area (Å²) in [5.74, 6) is -3.35. The first-order valence-corrected chi connectivity index (χ1v) is 10.6. The molecule has 0 spiro atoms. The number of aromatic nitrogens is 2. The molecule has 3 aromatic carbocycles. The predicted molar refractivity (Wildman–Crippen MR) is 128 cm³/mol. The number of nitrogens with zero attached hydrogens (tertiary/aromatic N) is 2. The van der Waals surface area contributed by atoms with Crippen molar-refractivity contribution in [3.63, 3.8) is 0 Å². The molecule has 0 fully saturated rings. The monoisotopic (exact) mass is 477 g/mol. The highest BCUT2D eigenvalue weighted by Gasteiger charge is 2.17. The fourth-order valence-electron chi connectivity index (χ4n) is 3.67. The number of carboxylic acids is 1. The fraction of sp³-hybridized carbons (Fsp3) is 0.120. The molecular weight excluding hydrogens is 456 g/mol. The van der Waals surface area contributed by atoms with Gasteiger partial charge in [0.2, 0.25) is 0 Å². The molecule has 4 aromatic rings. The van der Waals surface area contributed by atoms with Crippen LogP contribution in [-0.4, -0.2) is 40.5 Å². The van der Waals surface area contributed by atoms with E-state index in [9.17, 15) is 23.5 Å². The molecule has 1 unspecified atom stereocenters. The number of benzene rings is 3. The number of carbonyl (C=O) groups excluding carboxylic acids is 1. The van der Waals surface area contributed by atoms with Gasteiger partial charge < -0.3 is 21.1 Å². The molecule has 4 rings (SSSR count). The Morgan fingerprint density at radius 2 is 1.80 bits per heavy atom. The molecule has 10 heteroatoms. The predicted octanol–water partition coefficient (Wildman–Crippen LogP) is 4.23. The number of fused-ring (bicyclic) bond motifs is 1. The molecular formula is C25H21F2N5O3. The Labute approximate surface area is 199 Å². The SMILES string of the molecule is CNCC(Nc1ncnc2c(C(=O)O)cccc12)c1cccc(NC(=O)c2ccc(F)c(F)c2)c1.